The van der Waals surface area contributed by atoms with Crippen LogP contribution in [0.2, 0.25) is 0 Å². The van der Waals surface area contributed by atoms with E-state index in [0.29, 0.717) is 29.5 Å². The van der Waals surface area contributed by atoms with E-state index in [4.69, 9.17) is 14.2 Å². The average molecular weight is 457 g/mol. The summed E-state index contributed by atoms with van der Waals surface area (Å²) in [7, 11) is 2.66. The second-order valence-electron chi connectivity index (χ2n) is 8.45. The Morgan fingerprint density at radius 3 is 2.30 bits per heavy atom. The maximum Gasteiger partial charge on any atom is 0.341 e. The number of hydrogen-bond donors (Lipinski definition) is 1. The molecule has 0 bridgehead atoms. The Morgan fingerprint density at radius 1 is 1.03 bits per heavy atom. The fraction of sp³-hybridized carbons (Fsp3) is 0.500. The minimum absolute atomic E-state index is 0.0188. The van der Waals surface area contributed by atoms with Gasteiger partial charge in [0.2, 0.25) is 0 Å². The van der Waals surface area contributed by atoms with Crippen LogP contribution in [0, 0.1) is 0 Å². The highest BCUT2D eigenvalue weighted by atomic mass is 16.5. The molecule has 7 nitrogen and oxygen atoms in total. The van der Waals surface area contributed by atoms with Crippen LogP contribution in [0.4, 0.5) is 0 Å². The number of phenolic OH excluding ortho intramolecular Hbond substituents is 1. The second kappa shape index (κ2) is 10.2. The van der Waals surface area contributed by atoms with Crippen LogP contribution in [0.5, 0.6) is 11.5 Å². The third-order valence-corrected chi connectivity index (χ3v) is 6.39. The quantitative estimate of drug-likeness (QED) is 0.310. The first-order chi connectivity index (χ1) is 15.9. The van der Waals surface area contributed by atoms with Crippen molar-refractivity contribution < 1.29 is 33.7 Å². The van der Waals surface area contributed by atoms with Gasteiger partial charge in [-0.3, -0.25) is 4.79 Å². The van der Waals surface area contributed by atoms with Crippen LogP contribution in [0.3, 0.4) is 0 Å². The zero-order valence-electron chi connectivity index (χ0n) is 19.8. The Kier molecular flexibility index (Phi) is 7.61. The number of hydrogen-bond acceptors (Lipinski definition) is 7. The molecule has 178 valence electrons. The molecule has 1 aromatic carbocycles. The number of esters is 2. The van der Waals surface area contributed by atoms with Crippen LogP contribution >= 0.6 is 0 Å². The number of carbonyl (C=O) groups excluding carboxylic acids is 3. The van der Waals surface area contributed by atoms with Gasteiger partial charge in [0.15, 0.2) is 11.2 Å². The molecule has 33 heavy (non-hydrogen) atoms. The molecule has 1 N–H and O–H groups in total. The van der Waals surface area contributed by atoms with Crippen molar-refractivity contribution >= 4 is 17.7 Å². The van der Waals surface area contributed by atoms with Gasteiger partial charge in [0, 0.05) is 17.7 Å². The minimum atomic E-state index is -1.47. The van der Waals surface area contributed by atoms with Gasteiger partial charge in [-0.2, -0.15) is 0 Å². The van der Waals surface area contributed by atoms with E-state index in [9.17, 15) is 19.5 Å². The van der Waals surface area contributed by atoms with Gasteiger partial charge in [-0.05, 0) is 42.9 Å². The number of methoxy groups -OCH3 is 2. The predicted molar refractivity (Wildman–Crippen MR) is 122 cm³/mol. The summed E-state index contributed by atoms with van der Waals surface area (Å²) in [4.78, 5) is 38.8. The monoisotopic (exact) mass is 456 g/mol. The van der Waals surface area contributed by atoms with E-state index in [1.54, 1.807) is 0 Å². The van der Waals surface area contributed by atoms with Crippen LogP contribution in [-0.4, -0.2) is 37.0 Å². The molecular weight excluding hydrogens is 424 g/mol. The Balaban J connectivity index is 2.33. The van der Waals surface area contributed by atoms with Gasteiger partial charge in [-0.15, -0.1) is 0 Å². The third-order valence-electron chi connectivity index (χ3n) is 6.39. The largest absolute Gasteiger partial charge is 0.507 e. The number of ketones is 1. The smallest absolute Gasteiger partial charge is 0.341 e. The summed E-state index contributed by atoms with van der Waals surface area (Å²) in [5, 5.41) is 10.7. The van der Waals surface area contributed by atoms with E-state index in [2.05, 4.69) is 13.8 Å². The first-order valence-corrected chi connectivity index (χ1v) is 11.6. The number of allylic oxidation sites excluding steroid dienone is 2. The van der Waals surface area contributed by atoms with Gasteiger partial charge in [0.25, 0.3) is 0 Å². The number of phenols is 1. The standard InChI is InChI=1S/C26H32O7/c1-5-7-9-11-16-13-17(27)14-21(31-3)26(16)23-18(12-10-8-6-2)22(24(29)32-4)19(28)15-20(23)33-25(26)30/h13-15,28H,5-12H2,1-4H3. The topological polar surface area (TPSA) is 99.1 Å². The third kappa shape index (κ3) is 4.16. The average Bonchev–Trinajstić information content (AvgIpc) is 3.07. The summed E-state index contributed by atoms with van der Waals surface area (Å²) in [6, 6.07) is 1.28. The van der Waals surface area contributed by atoms with Crippen LogP contribution in [-0.2, 0) is 30.9 Å². The molecule has 0 aromatic heterocycles. The Bertz CT molecular complexity index is 1020. The predicted octanol–water partition coefficient (Wildman–Crippen LogP) is 4.69. The summed E-state index contributed by atoms with van der Waals surface area (Å²) < 4.78 is 16.3. The van der Waals surface area contributed by atoms with Crippen LogP contribution in [0.25, 0.3) is 0 Å². The summed E-state index contributed by atoms with van der Waals surface area (Å²) in [5.41, 5.74) is 0.0941. The molecule has 0 amide bonds. The molecule has 1 unspecified atom stereocenters. The lowest BCUT2D eigenvalue weighted by Crippen LogP contribution is -2.42. The SMILES string of the molecule is CCCCCC1=CC(=O)C=C(OC)C12C(=O)Oc1cc(O)c(C(=O)OC)c(CCCCC)c12. The van der Waals surface area contributed by atoms with Gasteiger partial charge >= 0.3 is 11.9 Å². The molecule has 1 aliphatic heterocycles. The maximum atomic E-state index is 13.6. The van der Waals surface area contributed by atoms with Crippen molar-refractivity contribution in [3.63, 3.8) is 0 Å². The van der Waals surface area contributed by atoms with Crippen molar-refractivity contribution in [2.24, 2.45) is 0 Å². The molecule has 1 aromatic rings. The zero-order valence-corrected chi connectivity index (χ0v) is 19.8. The van der Waals surface area contributed by atoms with Crippen LogP contribution < -0.4 is 4.74 Å². The van der Waals surface area contributed by atoms with Crippen molar-refractivity contribution in [1.29, 1.82) is 0 Å². The molecule has 7 heteroatoms. The van der Waals surface area contributed by atoms with E-state index in [1.807, 2.05) is 0 Å². The van der Waals surface area contributed by atoms with Gasteiger partial charge < -0.3 is 19.3 Å². The molecule has 1 spiro atoms. The Hall–Kier alpha value is -3.09. The summed E-state index contributed by atoms with van der Waals surface area (Å²) in [6.45, 7) is 4.14. The van der Waals surface area contributed by atoms with Crippen LogP contribution in [0.1, 0.15) is 80.3 Å². The Labute approximate surface area is 194 Å². The number of rotatable bonds is 10. The van der Waals surface area contributed by atoms with Crippen molar-refractivity contribution in [1.82, 2.24) is 0 Å². The van der Waals surface area contributed by atoms with Crippen molar-refractivity contribution in [2.45, 2.75) is 70.6 Å². The molecular formula is C26H32O7. The molecule has 2 aliphatic rings. The molecule has 1 heterocycles. The van der Waals surface area contributed by atoms with Crippen molar-refractivity contribution in [3.05, 3.63) is 46.2 Å². The summed E-state index contributed by atoms with van der Waals surface area (Å²) in [5.74, 6) is -1.51. The van der Waals surface area contributed by atoms with Gasteiger partial charge in [-0.1, -0.05) is 39.5 Å². The van der Waals surface area contributed by atoms with E-state index >= 15 is 0 Å². The number of carbonyl (C=O) groups is 3. The highest BCUT2D eigenvalue weighted by molar-refractivity contribution is 6.09. The van der Waals surface area contributed by atoms with E-state index in [1.165, 1.54) is 32.4 Å². The van der Waals surface area contributed by atoms with Crippen molar-refractivity contribution in [3.8, 4) is 11.5 Å². The summed E-state index contributed by atoms with van der Waals surface area (Å²) >= 11 is 0. The maximum absolute atomic E-state index is 13.6. The van der Waals surface area contributed by atoms with Crippen LogP contribution in [0.15, 0.2) is 29.6 Å². The highest BCUT2D eigenvalue weighted by Gasteiger charge is 2.59. The van der Waals surface area contributed by atoms with E-state index in [-0.39, 0.29) is 28.6 Å². The molecule has 3 rings (SSSR count). The highest BCUT2D eigenvalue weighted by Crippen LogP contribution is 2.55. The number of unbranched alkanes of at least 4 members (excludes halogenated alkanes) is 4. The molecule has 0 radical (unpaired) electrons. The molecule has 1 atom stereocenters. The molecule has 0 saturated carbocycles. The zero-order chi connectivity index (χ0) is 24.2. The molecule has 0 fully saturated rings. The van der Waals surface area contributed by atoms with E-state index < -0.39 is 17.4 Å². The lowest BCUT2D eigenvalue weighted by atomic mass is 9.66. The second-order valence-corrected chi connectivity index (χ2v) is 8.45. The number of ether oxygens (including phenoxy) is 3. The van der Waals surface area contributed by atoms with Crippen molar-refractivity contribution in [2.75, 3.05) is 14.2 Å². The molecule has 1 aliphatic carbocycles. The number of fused-ring (bicyclic) bond motifs is 2. The fourth-order valence-electron chi connectivity index (χ4n) is 4.87. The van der Waals surface area contributed by atoms with Gasteiger partial charge in [-0.25, -0.2) is 9.59 Å². The normalized spacial score (nSPS) is 19.2. The van der Waals surface area contributed by atoms with E-state index in [0.717, 1.165) is 38.5 Å². The summed E-state index contributed by atoms with van der Waals surface area (Å²) in [6.07, 6.45) is 9.00. The first kappa shape index (κ1) is 24.6. The minimum Gasteiger partial charge on any atom is -0.507 e. The first-order valence-electron chi connectivity index (χ1n) is 11.6. The number of aromatic hydroxyl groups is 1. The fourth-order valence-corrected chi connectivity index (χ4v) is 4.87. The molecule has 0 saturated heterocycles. The number of benzene rings is 1. The Morgan fingerprint density at radius 2 is 1.70 bits per heavy atom. The van der Waals surface area contributed by atoms with Gasteiger partial charge in [0.05, 0.1) is 14.2 Å². The lowest BCUT2D eigenvalue weighted by Gasteiger charge is -2.34. The lowest BCUT2D eigenvalue weighted by molar-refractivity contribution is -0.137. The van der Waals surface area contributed by atoms with Gasteiger partial charge in [0.1, 0.15) is 22.8 Å².